The second kappa shape index (κ2) is 17.1. The number of methoxy groups -OCH3 is 1. The Morgan fingerprint density at radius 3 is 2.43 bits per heavy atom. The van der Waals surface area contributed by atoms with Crippen molar-refractivity contribution in [2.75, 3.05) is 19.0 Å². The number of anilines is 1. The van der Waals surface area contributed by atoms with Crippen LogP contribution in [0.2, 0.25) is 0 Å². The number of rotatable bonds is 13. The summed E-state index contributed by atoms with van der Waals surface area (Å²) in [6, 6.07) is 2.95. The average Bonchev–Trinajstić information content (AvgIpc) is 3.56. The Morgan fingerprint density at radius 1 is 1.09 bits per heavy atom. The van der Waals surface area contributed by atoms with E-state index in [1.54, 1.807) is 58.2 Å². The SMILES string of the molecule is C=C[C@@H]1C[C@]1(NC(=O)[C@@H]1C[C@@H](Oc2cc(-c3nc(NC(=O)OC(C)C)cs3)nc3c(Br)c(OC)ccc23)CN1C(=O)[C@@H](NC(=O)OC1CCCC1)C(C)(C)C)C(=O)O. The van der Waals surface area contributed by atoms with Gasteiger partial charge in [0, 0.05) is 29.2 Å². The number of pyridine rings is 1. The van der Waals surface area contributed by atoms with Crippen LogP contribution in [-0.2, 0) is 23.9 Å². The van der Waals surface area contributed by atoms with Crippen molar-refractivity contribution in [3.8, 4) is 22.2 Å². The molecule has 1 saturated heterocycles. The van der Waals surface area contributed by atoms with Crippen molar-refractivity contribution in [2.45, 2.75) is 109 Å². The van der Waals surface area contributed by atoms with Crippen LogP contribution in [-0.4, -0.2) is 99.5 Å². The number of hydrogen-bond acceptors (Lipinski definition) is 12. The summed E-state index contributed by atoms with van der Waals surface area (Å²) in [5.74, 6) is -1.78. The lowest BCUT2D eigenvalue weighted by Gasteiger charge is -2.35. The van der Waals surface area contributed by atoms with Crippen molar-refractivity contribution in [2.24, 2.45) is 11.3 Å². The number of amides is 4. The third kappa shape index (κ3) is 9.17. The number of alkyl carbamates (subject to hydrolysis) is 1. The van der Waals surface area contributed by atoms with Gasteiger partial charge in [0.05, 0.1) is 29.7 Å². The molecule has 5 atom stereocenters. The number of carbonyl (C=O) groups is 5. The number of halogens is 1. The molecular weight excluding hydrogens is 836 g/mol. The van der Waals surface area contributed by atoms with Crippen LogP contribution in [0.15, 0.2) is 40.7 Å². The largest absolute Gasteiger partial charge is 0.495 e. The van der Waals surface area contributed by atoms with Crippen molar-refractivity contribution in [1.82, 2.24) is 25.5 Å². The summed E-state index contributed by atoms with van der Waals surface area (Å²) in [7, 11) is 1.53. The number of nitrogens with zero attached hydrogens (tertiary/aromatic N) is 3. The van der Waals surface area contributed by atoms with E-state index in [0.29, 0.717) is 37.6 Å². The van der Waals surface area contributed by atoms with E-state index in [-0.39, 0.29) is 37.4 Å². The zero-order valence-electron chi connectivity index (χ0n) is 33.3. The summed E-state index contributed by atoms with van der Waals surface area (Å²) >= 11 is 4.84. The van der Waals surface area contributed by atoms with Crippen LogP contribution in [0, 0.1) is 11.3 Å². The van der Waals surface area contributed by atoms with Crippen LogP contribution in [0.3, 0.4) is 0 Å². The van der Waals surface area contributed by atoms with Gasteiger partial charge in [-0.1, -0.05) is 26.8 Å². The lowest BCUT2D eigenvalue weighted by molar-refractivity contribution is -0.146. The van der Waals surface area contributed by atoms with E-state index in [0.717, 1.165) is 25.7 Å². The van der Waals surface area contributed by atoms with Gasteiger partial charge < -0.3 is 39.6 Å². The number of aliphatic carboxylic acids is 1. The lowest BCUT2D eigenvalue weighted by Crippen LogP contribution is -2.59. The minimum Gasteiger partial charge on any atom is -0.495 e. The molecule has 3 heterocycles. The molecule has 2 saturated carbocycles. The van der Waals surface area contributed by atoms with Crippen LogP contribution < -0.4 is 25.4 Å². The monoisotopic (exact) mass is 884 g/mol. The molecule has 3 fully saturated rings. The zero-order valence-corrected chi connectivity index (χ0v) is 35.7. The maximum Gasteiger partial charge on any atom is 0.413 e. The van der Waals surface area contributed by atoms with Gasteiger partial charge in [0.25, 0.3) is 0 Å². The van der Waals surface area contributed by atoms with Gasteiger partial charge in [0.1, 0.15) is 57.8 Å². The predicted molar refractivity (Wildman–Crippen MR) is 219 cm³/mol. The van der Waals surface area contributed by atoms with Crippen molar-refractivity contribution < 1.29 is 48.0 Å². The molecule has 312 valence electrons. The van der Waals surface area contributed by atoms with Crippen LogP contribution >= 0.6 is 27.3 Å². The molecule has 0 bridgehead atoms. The van der Waals surface area contributed by atoms with Crippen LogP contribution in [0.1, 0.15) is 73.1 Å². The van der Waals surface area contributed by atoms with Gasteiger partial charge in [-0.25, -0.2) is 24.4 Å². The average molecular weight is 886 g/mol. The molecule has 58 heavy (non-hydrogen) atoms. The molecule has 0 unspecified atom stereocenters. The second-order valence-electron chi connectivity index (χ2n) is 16.1. The van der Waals surface area contributed by atoms with Crippen molar-refractivity contribution in [3.05, 3.63) is 40.7 Å². The highest BCUT2D eigenvalue weighted by Crippen LogP contribution is 2.45. The molecule has 16 nitrogen and oxygen atoms in total. The molecule has 1 aromatic carbocycles. The number of aromatic nitrogens is 2. The Hall–Kier alpha value is -4.97. The molecular formula is C40H49BrN6O10S. The first kappa shape index (κ1) is 42.6. The number of carbonyl (C=O) groups excluding carboxylic acids is 4. The first-order valence-corrected chi connectivity index (χ1v) is 20.8. The number of hydrogen-bond donors (Lipinski definition) is 4. The maximum absolute atomic E-state index is 14.6. The van der Waals surface area contributed by atoms with Gasteiger partial charge in [-0.2, -0.15) is 0 Å². The van der Waals surface area contributed by atoms with Gasteiger partial charge in [0.2, 0.25) is 11.8 Å². The number of nitrogens with one attached hydrogen (secondary N) is 3. The Balaban J connectivity index is 1.33. The Bertz CT molecular complexity index is 2100. The zero-order chi connectivity index (χ0) is 42.1. The maximum atomic E-state index is 14.6. The van der Waals surface area contributed by atoms with Gasteiger partial charge >= 0.3 is 18.2 Å². The Kier molecular flexibility index (Phi) is 12.6. The Labute approximate surface area is 348 Å². The smallest absolute Gasteiger partial charge is 0.413 e. The minimum absolute atomic E-state index is 0.00479. The highest BCUT2D eigenvalue weighted by atomic mass is 79.9. The standard InChI is InChI=1S/C40H49BrN6O10S/c1-8-21-17-40(21,36(50)51)46-33(48)26-15-23(18-47(26)35(49)32(39(4,5)6)45-38(53)57-22-11-9-10-12-22)56-28-16-25(42-31-24(28)13-14-27(54-7)30(31)41)34-43-29(19-58-34)44-37(52)55-20(2)3/h8,13-14,16,19-23,26,32H,1,9-12,15,17-18H2,2-7H3,(H,44,52)(H,45,53)(H,46,48)(H,50,51)/t21-,23-,26+,32-,40-/m1/s1. The third-order valence-corrected chi connectivity index (χ3v) is 12.1. The molecule has 4 N–H and O–H groups in total. The molecule has 0 radical (unpaired) electrons. The molecule has 2 aromatic heterocycles. The fourth-order valence-corrected chi connectivity index (χ4v) is 8.68. The first-order valence-electron chi connectivity index (χ1n) is 19.2. The van der Waals surface area contributed by atoms with E-state index in [4.69, 9.17) is 23.9 Å². The summed E-state index contributed by atoms with van der Waals surface area (Å²) in [4.78, 5) is 77.4. The van der Waals surface area contributed by atoms with E-state index < -0.39 is 65.0 Å². The minimum atomic E-state index is -1.55. The molecule has 3 aliphatic rings. The highest BCUT2D eigenvalue weighted by Gasteiger charge is 2.61. The van der Waals surface area contributed by atoms with Crippen molar-refractivity contribution in [3.63, 3.8) is 0 Å². The molecule has 3 aromatic rings. The normalized spacial score (nSPS) is 22.3. The van der Waals surface area contributed by atoms with E-state index in [1.165, 1.54) is 29.4 Å². The molecule has 1 aliphatic heterocycles. The summed E-state index contributed by atoms with van der Waals surface area (Å²) in [6.07, 6.45) is 2.31. The summed E-state index contributed by atoms with van der Waals surface area (Å²) in [6.45, 7) is 12.5. The van der Waals surface area contributed by atoms with Crippen LogP contribution in [0.25, 0.3) is 21.6 Å². The highest BCUT2D eigenvalue weighted by molar-refractivity contribution is 9.10. The van der Waals surface area contributed by atoms with Gasteiger partial charge in [0.15, 0.2) is 0 Å². The topological polar surface area (TPSA) is 208 Å². The number of fused-ring (bicyclic) bond motifs is 1. The van der Waals surface area contributed by atoms with E-state index in [9.17, 15) is 29.1 Å². The second-order valence-corrected chi connectivity index (χ2v) is 17.8. The van der Waals surface area contributed by atoms with Gasteiger partial charge in [-0.3, -0.25) is 14.9 Å². The van der Waals surface area contributed by atoms with E-state index in [2.05, 4.69) is 43.4 Å². The molecule has 0 spiro atoms. The predicted octanol–water partition coefficient (Wildman–Crippen LogP) is 6.66. The number of benzene rings is 1. The van der Waals surface area contributed by atoms with Crippen molar-refractivity contribution >= 4 is 74.0 Å². The summed E-state index contributed by atoms with van der Waals surface area (Å²) in [5.41, 5.74) is -1.49. The number of likely N-dealkylation sites (tertiary alicyclic amines) is 1. The fraction of sp³-hybridized carbons (Fsp3) is 0.525. The number of carboxylic acid groups (broad SMARTS) is 1. The third-order valence-electron chi connectivity index (χ3n) is 10.5. The van der Waals surface area contributed by atoms with Gasteiger partial charge in [-0.15, -0.1) is 17.9 Å². The van der Waals surface area contributed by atoms with Crippen molar-refractivity contribution in [1.29, 1.82) is 0 Å². The van der Waals surface area contributed by atoms with Gasteiger partial charge in [-0.05, 0) is 79.4 Å². The number of carboxylic acids is 1. The van der Waals surface area contributed by atoms with Crippen LogP contribution in [0.4, 0.5) is 15.4 Å². The molecule has 6 rings (SSSR count). The van der Waals surface area contributed by atoms with E-state index >= 15 is 0 Å². The molecule has 2 aliphatic carbocycles. The number of ether oxygens (including phenoxy) is 4. The lowest BCUT2D eigenvalue weighted by atomic mass is 9.85. The van der Waals surface area contributed by atoms with Crippen LogP contribution in [0.5, 0.6) is 11.5 Å². The quantitative estimate of drug-likeness (QED) is 0.133. The molecule has 4 amide bonds. The fourth-order valence-electron chi connectivity index (χ4n) is 7.37. The first-order chi connectivity index (χ1) is 27.4. The Morgan fingerprint density at radius 2 is 1.81 bits per heavy atom. The summed E-state index contributed by atoms with van der Waals surface area (Å²) < 4.78 is 23.6. The van der Waals surface area contributed by atoms with E-state index in [1.807, 2.05) is 0 Å². The summed E-state index contributed by atoms with van der Waals surface area (Å²) in [5, 5.41) is 20.9. The molecule has 18 heteroatoms. The number of thiazole rings is 1.